The molecule has 2 rings (SSSR count). The fourth-order valence-electron chi connectivity index (χ4n) is 1.47. The fraction of sp³-hybridized carbons (Fsp3) is 0.200. The van der Waals surface area contributed by atoms with E-state index in [0.717, 1.165) is 12.1 Å². The Morgan fingerprint density at radius 2 is 1.32 bits per heavy atom. The van der Waals surface area contributed by atoms with E-state index in [9.17, 15) is 30.0 Å². The van der Waals surface area contributed by atoms with Crippen LogP contribution < -0.4 is 0 Å². The van der Waals surface area contributed by atoms with E-state index < -0.39 is 44.9 Å². The van der Waals surface area contributed by atoms with Gasteiger partial charge in [-0.3, -0.25) is 0 Å². The van der Waals surface area contributed by atoms with Gasteiger partial charge in [0.1, 0.15) is 15.0 Å². The maximum absolute atomic E-state index is 12.7. The number of nitrogens with zero attached hydrogens (tertiary/aromatic N) is 1. The first-order chi connectivity index (χ1) is 10.0. The van der Waals surface area contributed by atoms with E-state index in [1.54, 1.807) is 0 Å². The highest BCUT2D eigenvalue weighted by molar-refractivity contribution is 8.05. The van der Waals surface area contributed by atoms with Crippen molar-refractivity contribution in [2.45, 2.75) is 14.6 Å². The number of hydrogen-bond acceptors (Lipinski definition) is 6. The predicted octanol–water partition coefficient (Wildman–Crippen LogP) is 2.75. The van der Waals surface area contributed by atoms with Crippen LogP contribution in [0.1, 0.15) is 0 Å². The van der Waals surface area contributed by atoms with Gasteiger partial charge in [0.25, 0.3) is 20.0 Å². The van der Waals surface area contributed by atoms with Gasteiger partial charge in [-0.2, -0.15) is 13.2 Å². The lowest BCUT2D eigenvalue weighted by atomic mass is 10.7. The maximum Gasteiger partial charge on any atom is 0.403 e. The molecule has 0 spiro atoms. The number of rotatable bonds is 5. The van der Waals surface area contributed by atoms with E-state index in [-0.39, 0.29) is 0 Å². The highest BCUT2D eigenvalue weighted by Gasteiger charge is 2.45. The van der Waals surface area contributed by atoms with Crippen LogP contribution in [0.5, 0.6) is 0 Å². The van der Waals surface area contributed by atoms with Gasteiger partial charge in [-0.05, 0) is 22.9 Å². The molecule has 0 unspecified atom stereocenters. The van der Waals surface area contributed by atoms with Crippen LogP contribution in [0, 0.1) is 0 Å². The SMILES string of the molecule is O=S(=O)(c1cccs1)N(CC(F)(F)F)S(=O)(=O)c1cccs1. The summed E-state index contributed by atoms with van der Waals surface area (Å²) in [5.74, 6) is 0. The summed E-state index contributed by atoms with van der Waals surface area (Å²) in [6, 6.07) is 4.71. The lowest BCUT2D eigenvalue weighted by Crippen LogP contribution is -2.42. The Labute approximate surface area is 132 Å². The molecule has 0 bridgehead atoms. The Bertz CT molecular complexity index is 759. The average Bonchev–Trinajstić information content (AvgIpc) is 3.06. The van der Waals surface area contributed by atoms with E-state index in [1.165, 1.54) is 22.9 Å². The molecule has 0 saturated carbocycles. The summed E-state index contributed by atoms with van der Waals surface area (Å²) < 4.78 is 85.7. The molecule has 0 aliphatic rings. The van der Waals surface area contributed by atoms with Gasteiger partial charge in [-0.25, -0.2) is 16.8 Å². The number of hydrogen-bond donors (Lipinski definition) is 0. The Morgan fingerprint density at radius 3 is 1.59 bits per heavy atom. The van der Waals surface area contributed by atoms with Crippen molar-refractivity contribution in [2.75, 3.05) is 6.54 Å². The van der Waals surface area contributed by atoms with Gasteiger partial charge in [0.15, 0.2) is 0 Å². The number of sulfonamides is 2. The van der Waals surface area contributed by atoms with Crippen LogP contribution in [-0.4, -0.2) is 33.3 Å². The predicted molar refractivity (Wildman–Crippen MR) is 75.8 cm³/mol. The third-order valence-electron chi connectivity index (χ3n) is 2.34. The summed E-state index contributed by atoms with van der Waals surface area (Å²) >= 11 is 1.28. The largest absolute Gasteiger partial charge is 0.403 e. The van der Waals surface area contributed by atoms with Crippen molar-refractivity contribution < 1.29 is 30.0 Å². The van der Waals surface area contributed by atoms with Gasteiger partial charge < -0.3 is 0 Å². The Morgan fingerprint density at radius 1 is 0.909 bits per heavy atom. The maximum atomic E-state index is 12.7. The molecule has 2 aromatic rings. The van der Waals surface area contributed by atoms with E-state index in [4.69, 9.17) is 0 Å². The molecule has 0 saturated heterocycles. The van der Waals surface area contributed by atoms with Crippen LogP contribution in [-0.2, 0) is 20.0 Å². The zero-order valence-corrected chi connectivity index (χ0v) is 13.8. The normalized spacial score (nSPS) is 13.6. The van der Waals surface area contributed by atoms with Crippen molar-refractivity contribution in [3.63, 3.8) is 0 Å². The van der Waals surface area contributed by atoms with Crippen LogP contribution in [0.4, 0.5) is 13.2 Å². The Hall–Kier alpha value is -0.950. The molecule has 5 nitrogen and oxygen atoms in total. The topological polar surface area (TPSA) is 71.5 Å². The number of halogens is 3. The van der Waals surface area contributed by atoms with Gasteiger partial charge in [-0.1, -0.05) is 15.8 Å². The van der Waals surface area contributed by atoms with E-state index in [1.807, 2.05) is 0 Å². The summed E-state index contributed by atoms with van der Waals surface area (Å²) in [7, 11) is -9.65. The first-order valence-corrected chi connectivity index (χ1v) is 10.1. The minimum absolute atomic E-state index is 0.475. The van der Waals surface area contributed by atoms with Gasteiger partial charge in [0.2, 0.25) is 0 Å². The summed E-state index contributed by atoms with van der Waals surface area (Å²) in [4.78, 5) is 0. The molecule has 0 aromatic carbocycles. The van der Waals surface area contributed by atoms with Crippen molar-refractivity contribution in [3.8, 4) is 0 Å². The van der Waals surface area contributed by atoms with Crippen molar-refractivity contribution in [1.29, 1.82) is 0 Å². The van der Waals surface area contributed by atoms with E-state index in [2.05, 4.69) is 0 Å². The lowest BCUT2D eigenvalue weighted by molar-refractivity contribution is -0.129. The first-order valence-electron chi connectivity index (χ1n) is 5.47. The number of alkyl halides is 3. The second kappa shape index (κ2) is 5.92. The van der Waals surface area contributed by atoms with Crippen molar-refractivity contribution in [1.82, 2.24) is 3.71 Å². The molecule has 0 atom stereocenters. The molecule has 0 aliphatic heterocycles. The molecule has 0 radical (unpaired) electrons. The van der Waals surface area contributed by atoms with Gasteiger partial charge >= 0.3 is 6.18 Å². The van der Waals surface area contributed by atoms with Crippen molar-refractivity contribution >= 4 is 42.7 Å². The van der Waals surface area contributed by atoms with Crippen LogP contribution in [0.3, 0.4) is 0 Å². The molecule has 2 aromatic heterocycles. The minimum Gasteiger partial charge on any atom is -0.205 e. The lowest BCUT2D eigenvalue weighted by Gasteiger charge is -2.21. The molecule has 0 amide bonds. The third kappa shape index (κ3) is 3.51. The second-order valence-electron chi connectivity index (χ2n) is 3.92. The molecule has 12 heteroatoms. The fourth-order valence-corrected chi connectivity index (χ4v) is 7.54. The first kappa shape index (κ1) is 17.4. The van der Waals surface area contributed by atoms with Gasteiger partial charge in [0, 0.05) is 0 Å². The molecule has 0 N–H and O–H groups in total. The van der Waals surface area contributed by atoms with Crippen molar-refractivity contribution in [3.05, 3.63) is 35.0 Å². The number of thiophene rings is 2. The van der Waals surface area contributed by atoms with Gasteiger partial charge in [-0.15, -0.1) is 22.7 Å². The Balaban J connectivity index is 2.59. The zero-order chi connectivity index (χ0) is 16.6. The molecule has 22 heavy (non-hydrogen) atoms. The van der Waals surface area contributed by atoms with E-state index in [0.29, 0.717) is 22.7 Å². The summed E-state index contributed by atoms with van der Waals surface area (Å²) in [6.45, 7) is -2.12. The molecular formula is C10H8F3NO4S4. The van der Waals surface area contributed by atoms with Crippen molar-refractivity contribution in [2.24, 2.45) is 0 Å². The molecule has 122 valence electrons. The summed E-state index contributed by atoms with van der Waals surface area (Å²) in [5.41, 5.74) is 0. The molecular weight excluding hydrogens is 383 g/mol. The van der Waals surface area contributed by atoms with Crippen LogP contribution in [0.15, 0.2) is 43.4 Å². The molecule has 2 heterocycles. The van der Waals surface area contributed by atoms with Gasteiger partial charge in [0.05, 0.1) is 0 Å². The second-order valence-corrected chi connectivity index (χ2v) is 10.2. The third-order valence-corrected chi connectivity index (χ3v) is 9.30. The quantitative estimate of drug-likeness (QED) is 0.786. The Kier molecular flexibility index (Phi) is 4.69. The van der Waals surface area contributed by atoms with Crippen LogP contribution in [0.25, 0.3) is 0 Å². The van der Waals surface area contributed by atoms with Crippen LogP contribution >= 0.6 is 22.7 Å². The minimum atomic E-state index is -5.01. The molecule has 0 fully saturated rings. The summed E-state index contributed by atoms with van der Waals surface area (Å²) in [6.07, 6.45) is -5.01. The standard InChI is InChI=1S/C10H8F3NO4S4/c11-10(12,13)7-14(21(15,16)8-3-1-5-19-8)22(17,18)9-4-2-6-20-9/h1-6H,7H2. The summed E-state index contributed by atoms with van der Waals surface area (Å²) in [5, 5.41) is 2.66. The highest BCUT2D eigenvalue weighted by Crippen LogP contribution is 2.32. The smallest absolute Gasteiger partial charge is 0.205 e. The average molecular weight is 391 g/mol. The molecule has 0 aliphatic carbocycles. The monoisotopic (exact) mass is 391 g/mol. The van der Waals surface area contributed by atoms with Crippen LogP contribution in [0.2, 0.25) is 0 Å². The van der Waals surface area contributed by atoms with E-state index >= 15 is 0 Å². The zero-order valence-electron chi connectivity index (χ0n) is 10.5. The highest BCUT2D eigenvalue weighted by atomic mass is 32.3.